The Kier molecular flexibility index (Phi) is 4.98. The zero-order valence-corrected chi connectivity index (χ0v) is 7.90. The van der Waals surface area contributed by atoms with Crippen molar-refractivity contribution in [2.45, 2.75) is 0 Å². The van der Waals surface area contributed by atoms with Gasteiger partial charge >= 0.3 is 0 Å². The van der Waals surface area contributed by atoms with Crippen LogP contribution in [0.5, 0.6) is 0 Å². The molecule has 0 spiro atoms. The van der Waals surface area contributed by atoms with Crippen LogP contribution in [-0.4, -0.2) is 17.7 Å². The maximum absolute atomic E-state index is 10.2. The van der Waals surface area contributed by atoms with Crippen molar-refractivity contribution < 1.29 is 43.5 Å². The minimum Gasteiger partial charge on any atom is -0.346 e. The standard InChI is InChI=1S/C3H8O2P.Y/c1-3-6(2,4)5;/h1,3H2,2H3,(H,4,5);/q-1;/i3T;. The van der Waals surface area contributed by atoms with E-state index in [0.717, 1.165) is 6.66 Å². The van der Waals surface area contributed by atoms with Crippen molar-refractivity contribution in [3.63, 3.8) is 0 Å². The molecule has 4 heteroatoms. The van der Waals surface area contributed by atoms with Gasteiger partial charge in [0.1, 0.15) is 0 Å². The molecular weight excluding hydrogens is 188 g/mol. The molecule has 2 unspecified atom stereocenters. The Balaban J connectivity index is 0. The molecule has 0 aliphatic carbocycles. The molecule has 1 radical (unpaired) electrons. The largest absolute Gasteiger partial charge is 0.346 e. The van der Waals surface area contributed by atoms with Gasteiger partial charge < -0.3 is 11.8 Å². The van der Waals surface area contributed by atoms with Gasteiger partial charge in [0.05, 0.1) is 0 Å². The predicted octanol–water partition coefficient (Wildman–Crippen LogP) is 0.718. The van der Waals surface area contributed by atoms with Crippen LogP contribution in [0.1, 0.15) is 1.37 Å². The molecule has 0 amide bonds. The van der Waals surface area contributed by atoms with Crippen molar-refractivity contribution >= 4 is 7.37 Å². The van der Waals surface area contributed by atoms with Crippen LogP contribution in [0.4, 0.5) is 0 Å². The molecule has 2 atom stereocenters. The van der Waals surface area contributed by atoms with Gasteiger partial charge in [-0.2, -0.15) is 0 Å². The van der Waals surface area contributed by atoms with Gasteiger partial charge in [-0.25, -0.2) is 0 Å². The Labute approximate surface area is 70.4 Å². The quantitative estimate of drug-likeness (QED) is 0.497. The van der Waals surface area contributed by atoms with Crippen LogP contribution in [0, 0.1) is 6.92 Å². The van der Waals surface area contributed by atoms with Gasteiger partial charge in [0.2, 0.25) is 0 Å². The summed E-state index contributed by atoms with van der Waals surface area (Å²) in [5, 5.41) is 0. The summed E-state index contributed by atoms with van der Waals surface area (Å²) in [6, 6.07) is 0. The first-order valence-corrected chi connectivity index (χ1v) is 3.67. The second-order valence-corrected chi connectivity index (χ2v) is 3.38. The molecule has 2 nitrogen and oxygen atoms in total. The van der Waals surface area contributed by atoms with Crippen molar-refractivity contribution in [1.82, 2.24) is 0 Å². The van der Waals surface area contributed by atoms with E-state index in [9.17, 15) is 4.57 Å². The molecule has 0 aromatic rings. The van der Waals surface area contributed by atoms with Gasteiger partial charge in [-0.3, -0.25) is 4.57 Å². The molecule has 0 heterocycles. The van der Waals surface area contributed by atoms with E-state index in [1.807, 2.05) is 0 Å². The van der Waals surface area contributed by atoms with Crippen LogP contribution < -0.4 is 0 Å². The maximum Gasteiger partial charge on any atom is 0.168 e. The second-order valence-electron chi connectivity index (χ2n) is 1.13. The molecule has 41 valence electrons. The van der Waals surface area contributed by atoms with Crippen LogP contribution in [0.15, 0.2) is 0 Å². The van der Waals surface area contributed by atoms with Gasteiger partial charge in [-0.05, 0) is 0 Å². The van der Waals surface area contributed by atoms with Crippen LogP contribution in [0.3, 0.4) is 0 Å². The van der Waals surface area contributed by atoms with Crippen molar-refractivity contribution in [2.75, 3.05) is 12.8 Å². The molecule has 0 fully saturated rings. The first kappa shape index (κ1) is 8.29. The molecule has 7 heavy (non-hydrogen) atoms. The first-order valence-electron chi connectivity index (χ1n) is 2.07. The summed E-state index contributed by atoms with van der Waals surface area (Å²) in [4.78, 5) is 8.40. The van der Waals surface area contributed by atoms with Crippen molar-refractivity contribution in [1.29, 1.82) is 0 Å². The molecule has 0 aromatic heterocycles. The molecule has 0 aliphatic rings. The zero-order chi connectivity index (χ0) is 6.08. The Morgan fingerprint density at radius 1 is 2.14 bits per heavy atom. The van der Waals surface area contributed by atoms with E-state index in [1.54, 1.807) is 0 Å². The molecular formula is C3H8O2PY-. The number of rotatable bonds is 1. The second kappa shape index (κ2) is 4.20. The van der Waals surface area contributed by atoms with E-state index < -0.39 is 13.5 Å². The summed E-state index contributed by atoms with van der Waals surface area (Å²) in [5.74, 6) is 0. The Morgan fingerprint density at radius 2 is 2.29 bits per heavy atom. The fraction of sp³-hybridized carbons (Fsp3) is 0.667. The topological polar surface area (TPSA) is 37.3 Å². The summed E-state index contributed by atoms with van der Waals surface area (Å²) in [7, 11) is -3.18. The van der Waals surface area contributed by atoms with Gasteiger partial charge in [0, 0.05) is 40.7 Å². The Bertz CT molecular complexity index is 99.5. The van der Waals surface area contributed by atoms with Crippen LogP contribution in [-0.2, 0) is 37.3 Å². The first-order chi connectivity index (χ1) is 2.94. The van der Waals surface area contributed by atoms with Gasteiger partial charge in [0.25, 0.3) is 0 Å². The average Bonchev–Trinajstić information content (AvgIpc) is 1.31. The van der Waals surface area contributed by atoms with Gasteiger partial charge in [0.15, 0.2) is 7.37 Å². The minimum atomic E-state index is -3.18. The molecule has 0 aliphatic heterocycles. The van der Waals surface area contributed by atoms with Crippen molar-refractivity contribution in [3.8, 4) is 0 Å². The fourth-order valence-corrected chi connectivity index (χ4v) is 0. The molecule has 0 bridgehead atoms. The third-order valence-corrected chi connectivity index (χ3v) is 1.02. The molecule has 0 saturated carbocycles. The summed E-state index contributed by atoms with van der Waals surface area (Å²) in [5.41, 5.74) is 0. The van der Waals surface area contributed by atoms with E-state index in [4.69, 9.17) is 6.26 Å². The average molecular weight is 198 g/mol. The van der Waals surface area contributed by atoms with Gasteiger partial charge in [-0.15, -0.1) is 6.14 Å². The summed E-state index contributed by atoms with van der Waals surface area (Å²) < 4.78 is 16.8. The van der Waals surface area contributed by atoms with E-state index in [0.29, 0.717) is 0 Å². The SMILES string of the molecule is [3H]C([CH2-])P(C)(=O)O.[Y]. The van der Waals surface area contributed by atoms with Gasteiger partial charge in [-0.1, -0.05) is 0 Å². The molecule has 1 N–H and O–H groups in total. The summed E-state index contributed by atoms with van der Waals surface area (Å²) in [6.07, 6.45) is -1.09. The summed E-state index contributed by atoms with van der Waals surface area (Å²) in [6.45, 7) is 4.19. The van der Waals surface area contributed by atoms with Crippen molar-refractivity contribution in [3.05, 3.63) is 6.92 Å². The van der Waals surface area contributed by atoms with Crippen LogP contribution in [0.2, 0.25) is 0 Å². The molecule has 0 aromatic carbocycles. The Morgan fingerprint density at radius 3 is 2.29 bits per heavy atom. The molecule has 0 saturated heterocycles. The predicted molar refractivity (Wildman–Crippen MR) is 26.0 cm³/mol. The van der Waals surface area contributed by atoms with Crippen LogP contribution >= 0.6 is 7.37 Å². The van der Waals surface area contributed by atoms with E-state index >= 15 is 0 Å². The minimum absolute atomic E-state index is 0. The molecule has 0 rings (SSSR count). The third-order valence-electron chi connectivity index (χ3n) is 0.339. The maximum atomic E-state index is 10.2. The monoisotopic (exact) mass is 198 g/mol. The smallest absolute Gasteiger partial charge is 0.168 e. The van der Waals surface area contributed by atoms with E-state index in [1.165, 1.54) is 0 Å². The third kappa shape index (κ3) is 11.1. The van der Waals surface area contributed by atoms with Crippen molar-refractivity contribution in [2.24, 2.45) is 0 Å². The Hall–Kier alpha value is 1.29. The fourth-order valence-electron chi connectivity index (χ4n) is 0. The number of hydrogen-bond acceptors (Lipinski definition) is 1. The number of hydrogen-bond donors (Lipinski definition) is 1. The van der Waals surface area contributed by atoms with Crippen LogP contribution in [0.25, 0.3) is 0 Å². The zero-order valence-electron chi connectivity index (χ0n) is 5.16. The summed E-state index contributed by atoms with van der Waals surface area (Å²) >= 11 is 0. The normalized spacial score (nSPS) is 23.6. The van der Waals surface area contributed by atoms with E-state index in [-0.39, 0.29) is 32.7 Å². The van der Waals surface area contributed by atoms with E-state index in [2.05, 4.69) is 6.92 Å².